The molecule has 1 aliphatic carbocycles. The first-order valence-corrected chi connectivity index (χ1v) is 42.6. The molecule has 6 aromatic rings. The highest BCUT2D eigenvalue weighted by molar-refractivity contribution is 7.99. The number of aromatic nitrogens is 1. The van der Waals surface area contributed by atoms with Crippen LogP contribution in [0.3, 0.4) is 0 Å². The number of nitrogens with one attached hydrogen (secondary N) is 4. The number of rotatable bonds is 31. The molecule has 21 nitrogen and oxygen atoms in total. The Bertz CT molecular complexity index is 4400. The molecule has 1 aromatic heterocycles. The second kappa shape index (κ2) is 36.8. The molecule has 10 rings (SSSR count). The van der Waals surface area contributed by atoms with E-state index < -0.39 is 82.3 Å². The molecule has 6 atom stereocenters. The molecule has 4 heterocycles. The van der Waals surface area contributed by atoms with E-state index in [1.807, 2.05) is 135 Å². The van der Waals surface area contributed by atoms with E-state index in [0.29, 0.717) is 75.2 Å². The number of carbonyl (C=O) groups excluding carboxylic acids is 5. The molecule has 1 unspecified atom stereocenters. The number of aliphatic hydroxyl groups is 1. The number of thiazole rings is 1. The average Bonchev–Trinajstić information content (AvgIpc) is 1.48. The maximum Gasteiger partial charge on any atom is 0.501 e. The molecule has 109 heavy (non-hydrogen) atoms. The van der Waals surface area contributed by atoms with E-state index in [1.54, 1.807) is 23.5 Å². The Balaban J connectivity index is 0.662. The van der Waals surface area contributed by atoms with Crippen LogP contribution in [0.4, 0.5) is 24.5 Å². The lowest BCUT2D eigenvalue weighted by atomic mass is 9.71. The van der Waals surface area contributed by atoms with Crippen molar-refractivity contribution in [2.24, 2.45) is 10.8 Å². The topological polar surface area (TPSA) is 254 Å². The SMILES string of the molecule is Cc1ncsc1-c1ccc([C@H](C)NC(=O)[C@@H]2C[C@@H](O)CN2C(=O)[C@@H](NC(=O)CCCCCCC(=O)N2CCN(CC3(C)CCC(c4ccc(Cl)cc4)=C(CN4CCN(c5ccc(C(=O)NS(=O)(=O)c6ccc(N[C@H](CCN(C)C)CSc7ccccc7)c(S(=O)(=O)C(F)(F)F)c6)cc5)CC4)C3)CC2)C(C)(C)C)cc1. The highest BCUT2D eigenvalue weighted by Gasteiger charge is 2.49. The summed E-state index contributed by atoms with van der Waals surface area (Å²) in [5, 5.41) is 20.4. The van der Waals surface area contributed by atoms with E-state index >= 15 is 0 Å². The van der Waals surface area contributed by atoms with Crippen molar-refractivity contribution in [3.63, 3.8) is 0 Å². The first kappa shape index (κ1) is 84.0. The van der Waals surface area contributed by atoms with E-state index in [4.69, 9.17) is 11.6 Å². The van der Waals surface area contributed by atoms with Crippen molar-refractivity contribution < 1.29 is 59.1 Å². The Morgan fingerprint density at radius 3 is 2.08 bits per heavy atom. The number of β-amino-alcohol motifs (C(OH)–C–C–N with tert-alkyl or cyclic N) is 1. The first-order chi connectivity index (χ1) is 51.6. The molecule has 3 saturated heterocycles. The Labute approximate surface area is 653 Å². The van der Waals surface area contributed by atoms with Gasteiger partial charge in [0.1, 0.15) is 17.0 Å². The summed E-state index contributed by atoms with van der Waals surface area (Å²) in [7, 11) is -7.33. The molecule has 3 aliphatic heterocycles. The predicted octanol–water partition coefficient (Wildman–Crippen LogP) is 12.3. The fourth-order valence-electron chi connectivity index (χ4n) is 14.8. The minimum Gasteiger partial charge on any atom is -0.391 e. The number of likely N-dealkylation sites (tertiary alicyclic amines) is 1. The highest BCUT2D eigenvalue weighted by Crippen LogP contribution is 2.45. The minimum atomic E-state index is -6.09. The van der Waals surface area contributed by atoms with Crippen LogP contribution in [0.25, 0.3) is 16.0 Å². The third kappa shape index (κ3) is 22.5. The smallest absolute Gasteiger partial charge is 0.391 e. The number of piperazine rings is 2. The number of hydrogen-bond acceptors (Lipinski definition) is 18. The number of thioether (sulfide) groups is 1. The maximum atomic E-state index is 14.3. The van der Waals surface area contributed by atoms with Gasteiger partial charge in [0.05, 0.1) is 38.8 Å². The molecule has 0 spiro atoms. The number of anilines is 2. The number of sulfonamides is 1. The number of alkyl halides is 3. The number of amides is 5. The molecular weight excluding hydrogens is 1500 g/mol. The van der Waals surface area contributed by atoms with Crippen LogP contribution in [-0.2, 0) is 39.0 Å². The third-order valence-corrected chi connectivity index (χ3v) is 26.3. The van der Waals surface area contributed by atoms with Crippen LogP contribution in [0.15, 0.2) is 147 Å². The second-order valence-electron chi connectivity index (χ2n) is 30.9. The number of allylic oxidation sites excluding steroid dienone is 1. The van der Waals surface area contributed by atoms with Crippen LogP contribution in [0, 0.1) is 17.8 Å². The van der Waals surface area contributed by atoms with Crippen molar-refractivity contribution in [2.45, 2.75) is 163 Å². The van der Waals surface area contributed by atoms with E-state index in [2.05, 4.69) is 54.7 Å². The Morgan fingerprint density at radius 2 is 1.45 bits per heavy atom. The van der Waals surface area contributed by atoms with Crippen molar-refractivity contribution in [1.82, 2.24) is 44.8 Å². The van der Waals surface area contributed by atoms with Gasteiger partial charge in [-0.1, -0.05) is 112 Å². The molecule has 5 amide bonds. The quantitative estimate of drug-likeness (QED) is 0.0200. The molecule has 29 heteroatoms. The number of carbonyl (C=O) groups is 5. The van der Waals surface area contributed by atoms with Gasteiger partial charge in [-0.05, 0) is 173 Å². The Kier molecular flexibility index (Phi) is 28.4. The lowest BCUT2D eigenvalue weighted by Crippen LogP contribution is -2.57. The molecule has 0 bridgehead atoms. The molecule has 0 saturated carbocycles. The summed E-state index contributed by atoms with van der Waals surface area (Å²) in [5.41, 5.74) is 2.38. The summed E-state index contributed by atoms with van der Waals surface area (Å²) >= 11 is 9.38. The summed E-state index contributed by atoms with van der Waals surface area (Å²) in [6.07, 6.45) is 5.77. The van der Waals surface area contributed by atoms with Gasteiger partial charge in [-0.15, -0.1) is 23.1 Å². The van der Waals surface area contributed by atoms with Crippen LogP contribution in [0.5, 0.6) is 0 Å². The number of aryl methyl sites for hydroxylation is 1. The summed E-state index contributed by atoms with van der Waals surface area (Å²) in [6, 6.07) is 31.3. The van der Waals surface area contributed by atoms with E-state index in [1.165, 1.54) is 39.9 Å². The summed E-state index contributed by atoms with van der Waals surface area (Å²) < 4.78 is 98.5. The molecule has 590 valence electrons. The standard InChI is InChI=1S/C80H103ClF3N11O10S4/c1-54(56-20-22-58(23-21-56)73-55(2)85-53-107-73)86-76(100)69-46-64(96)50-95(69)77(101)74(78(3,4)5)88-71(97)18-14-9-10-15-19-72(98)94-44-40-92(41-45-94)52-79(6)36-34-67(57-24-28-61(81)29-25-57)60(48-79)49-91-38-42-93(43-39-91)63-30-26-59(27-31-63)75(99)89-109(104,105)66-32-33-68(70(47-66)108(102,103)80(82,83)84)87-62(35-37-90(7)8)51-106-65-16-12-11-13-17-65/h11-13,16-17,20-33,47,53-54,62,64,69,74,87,96H,9-10,14-15,18-19,34-46,48-52H2,1-8H3,(H,86,100)(H,88,97)(H,89,99)/t54-,62+,64+,69-,74+,79?/m0/s1. The lowest BCUT2D eigenvalue weighted by Gasteiger charge is -2.44. The van der Waals surface area contributed by atoms with Crippen LogP contribution in [0.1, 0.15) is 138 Å². The van der Waals surface area contributed by atoms with Crippen molar-refractivity contribution in [3.8, 4) is 10.4 Å². The average molecular weight is 1600 g/mol. The largest absolute Gasteiger partial charge is 0.501 e. The Hall–Kier alpha value is -7.41. The van der Waals surface area contributed by atoms with Gasteiger partial charge < -0.3 is 40.7 Å². The highest BCUT2D eigenvalue weighted by atomic mass is 35.5. The predicted molar refractivity (Wildman–Crippen MR) is 425 cm³/mol. The lowest BCUT2D eigenvalue weighted by molar-refractivity contribution is -0.144. The van der Waals surface area contributed by atoms with Gasteiger partial charge in [-0.3, -0.25) is 33.8 Å². The molecule has 0 radical (unpaired) electrons. The normalized spacial score (nSPS) is 19.4. The molecule has 5 N–H and O–H groups in total. The second-order valence-corrected chi connectivity index (χ2v) is 36.9. The van der Waals surface area contributed by atoms with Gasteiger partial charge in [0, 0.05) is 124 Å². The zero-order valence-electron chi connectivity index (χ0n) is 63.4. The monoisotopic (exact) mass is 1600 g/mol. The summed E-state index contributed by atoms with van der Waals surface area (Å²) in [6.45, 7) is 19.6. The van der Waals surface area contributed by atoms with Gasteiger partial charge in [0.15, 0.2) is 0 Å². The van der Waals surface area contributed by atoms with Crippen molar-refractivity contribution >= 4 is 101 Å². The number of sulfone groups is 1. The number of unbranched alkanes of at least 4 members (excludes halogenated alkanes) is 3. The van der Waals surface area contributed by atoms with Crippen molar-refractivity contribution in [2.75, 3.05) is 109 Å². The summed E-state index contributed by atoms with van der Waals surface area (Å²) in [4.78, 5) is 85.4. The van der Waals surface area contributed by atoms with Crippen LogP contribution < -0.4 is 25.6 Å². The number of hydrogen-bond donors (Lipinski definition) is 5. The minimum absolute atomic E-state index is 0.0205. The first-order valence-electron chi connectivity index (χ1n) is 37.4. The fourth-order valence-corrected chi connectivity index (χ4v) is 18.7. The van der Waals surface area contributed by atoms with Gasteiger partial charge in [0.25, 0.3) is 25.8 Å². The van der Waals surface area contributed by atoms with Crippen molar-refractivity contribution in [3.05, 3.63) is 160 Å². The number of halogens is 4. The van der Waals surface area contributed by atoms with Crippen molar-refractivity contribution in [1.29, 1.82) is 0 Å². The van der Waals surface area contributed by atoms with E-state index in [-0.39, 0.29) is 54.1 Å². The van der Waals surface area contributed by atoms with Gasteiger partial charge >= 0.3 is 5.51 Å². The zero-order chi connectivity index (χ0) is 78.6. The van der Waals surface area contributed by atoms with Crippen LogP contribution >= 0.6 is 34.7 Å². The fraction of sp³-hybridized carbons (Fsp3) is 0.500. The van der Waals surface area contributed by atoms with Gasteiger partial charge in [0.2, 0.25) is 23.6 Å². The van der Waals surface area contributed by atoms with E-state index in [9.17, 15) is 59.1 Å². The molecule has 4 aliphatic rings. The Morgan fingerprint density at radius 1 is 0.798 bits per heavy atom. The number of aliphatic hydroxyl groups excluding tert-OH is 1. The summed E-state index contributed by atoms with van der Waals surface area (Å²) in [5.74, 6) is -1.64. The number of benzene rings is 5. The van der Waals surface area contributed by atoms with Crippen LogP contribution in [0.2, 0.25) is 5.02 Å². The number of nitrogens with zero attached hydrogens (tertiary/aromatic N) is 7. The van der Waals surface area contributed by atoms with Gasteiger partial charge in [-0.25, -0.2) is 26.5 Å². The third-order valence-electron chi connectivity index (χ3n) is 21.0. The molecule has 3 fully saturated rings. The van der Waals surface area contributed by atoms with E-state index in [0.717, 1.165) is 121 Å². The zero-order valence-corrected chi connectivity index (χ0v) is 67.4. The molecular formula is C80H103ClF3N11O10S4. The molecule has 5 aromatic carbocycles. The van der Waals surface area contributed by atoms with Gasteiger partial charge in [-0.2, -0.15) is 13.2 Å². The maximum absolute atomic E-state index is 14.3. The van der Waals surface area contributed by atoms with Crippen LogP contribution in [-0.4, -0.2) is 209 Å².